The first-order valence-electron chi connectivity index (χ1n) is 5.78. The molecule has 0 spiro atoms. The monoisotopic (exact) mass is 205 g/mol. The molecule has 0 aromatic heterocycles. The molecule has 0 aliphatic heterocycles. The number of hydrogen-bond acceptors (Lipinski definition) is 1. The van der Waals surface area contributed by atoms with E-state index in [-0.39, 0.29) is 6.54 Å². The smallest absolute Gasteiger partial charge is 0.250 e. The second-order valence-corrected chi connectivity index (χ2v) is 4.24. The highest BCUT2D eigenvalue weighted by Gasteiger charge is 2.12. The molecule has 0 unspecified atom stereocenters. The Kier molecular flexibility index (Phi) is 6.08. The van der Waals surface area contributed by atoms with Crippen LogP contribution in [-0.2, 0) is 0 Å². The van der Waals surface area contributed by atoms with Crippen molar-refractivity contribution in [3.63, 3.8) is 0 Å². The lowest BCUT2D eigenvalue weighted by Gasteiger charge is -2.21. The molecule has 84 valence electrons. The molecule has 3 heteroatoms. The zero-order valence-electron chi connectivity index (χ0n) is 8.77. The Bertz CT molecular complexity index is 133. The molecule has 1 rings (SSSR count). The van der Waals surface area contributed by atoms with Crippen LogP contribution in [0.1, 0.15) is 44.9 Å². The molecule has 0 amide bonds. The second-order valence-electron chi connectivity index (χ2n) is 4.24. The van der Waals surface area contributed by atoms with E-state index in [9.17, 15) is 8.78 Å². The van der Waals surface area contributed by atoms with Gasteiger partial charge in [0.05, 0.1) is 6.54 Å². The SMILES string of the molecule is FC(F)CNCCCC1CCCCC1. The first-order chi connectivity index (χ1) is 6.79. The van der Waals surface area contributed by atoms with Crippen LogP contribution in [0, 0.1) is 5.92 Å². The maximum atomic E-state index is 11.8. The summed E-state index contributed by atoms with van der Waals surface area (Å²) >= 11 is 0. The maximum absolute atomic E-state index is 11.8. The molecule has 1 N–H and O–H groups in total. The van der Waals surface area contributed by atoms with Gasteiger partial charge in [-0.1, -0.05) is 32.1 Å². The van der Waals surface area contributed by atoms with Crippen molar-refractivity contribution in [3.8, 4) is 0 Å². The zero-order chi connectivity index (χ0) is 10.2. The van der Waals surface area contributed by atoms with Crippen LogP contribution in [0.5, 0.6) is 0 Å². The standard InChI is InChI=1S/C11H21F2N/c12-11(13)9-14-8-4-7-10-5-2-1-3-6-10/h10-11,14H,1-9H2. The fourth-order valence-corrected chi connectivity index (χ4v) is 2.20. The average Bonchev–Trinajstić information content (AvgIpc) is 2.18. The van der Waals surface area contributed by atoms with Crippen molar-refractivity contribution in [2.45, 2.75) is 51.4 Å². The van der Waals surface area contributed by atoms with E-state index < -0.39 is 6.43 Å². The summed E-state index contributed by atoms with van der Waals surface area (Å²) in [5.74, 6) is 0.872. The van der Waals surface area contributed by atoms with E-state index in [1.165, 1.54) is 38.5 Å². The average molecular weight is 205 g/mol. The van der Waals surface area contributed by atoms with Crippen molar-refractivity contribution >= 4 is 0 Å². The molecule has 0 aromatic rings. The Morgan fingerprint density at radius 3 is 2.50 bits per heavy atom. The van der Waals surface area contributed by atoms with E-state index in [0.717, 1.165) is 18.9 Å². The van der Waals surface area contributed by atoms with Gasteiger partial charge in [0, 0.05) is 0 Å². The van der Waals surface area contributed by atoms with Crippen LogP contribution in [-0.4, -0.2) is 19.5 Å². The molecule has 0 atom stereocenters. The quantitative estimate of drug-likeness (QED) is 0.657. The van der Waals surface area contributed by atoms with Crippen LogP contribution in [0.3, 0.4) is 0 Å². The summed E-state index contributed by atoms with van der Waals surface area (Å²) < 4.78 is 23.5. The Morgan fingerprint density at radius 1 is 1.14 bits per heavy atom. The largest absolute Gasteiger partial charge is 0.311 e. The van der Waals surface area contributed by atoms with E-state index in [1.54, 1.807) is 0 Å². The first-order valence-corrected chi connectivity index (χ1v) is 5.78. The molecule has 1 aliphatic carbocycles. The number of halogens is 2. The van der Waals surface area contributed by atoms with Crippen molar-refractivity contribution in [2.24, 2.45) is 5.92 Å². The molecule has 0 saturated heterocycles. The Labute approximate surface area is 85.3 Å². The van der Waals surface area contributed by atoms with E-state index in [0.29, 0.717) is 0 Å². The van der Waals surface area contributed by atoms with Gasteiger partial charge in [-0.2, -0.15) is 0 Å². The third kappa shape index (κ3) is 5.53. The van der Waals surface area contributed by atoms with Crippen molar-refractivity contribution in [3.05, 3.63) is 0 Å². The minimum atomic E-state index is -2.20. The predicted octanol–water partition coefficient (Wildman–Crippen LogP) is 3.20. The molecule has 1 saturated carbocycles. The van der Waals surface area contributed by atoms with Gasteiger partial charge in [0.25, 0.3) is 6.43 Å². The topological polar surface area (TPSA) is 12.0 Å². The summed E-state index contributed by atoms with van der Waals surface area (Å²) in [5, 5.41) is 2.77. The Balaban J connectivity index is 1.87. The molecule has 14 heavy (non-hydrogen) atoms. The number of rotatable bonds is 6. The van der Waals surface area contributed by atoms with Crippen molar-refractivity contribution in [1.29, 1.82) is 0 Å². The molecule has 0 bridgehead atoms. The van der Waals surface area contributed by atoms with Crippen LogP contribution in [0.15, 0.2) is 0 Å². The number of nitrogens with one attached hydrogen (secondary N) is 1. The lowest BCUT2D eigenvalue weighted by molar-refractivity contribution is 0.145. The van der Waals surface area contributed by atoms with Gasteiger partial charge in [-0.3, -0.25) is 0 Å². The molecule has 1 fully saturated rings. The summed E-state index contributed by atoms with van der Waals surface area (Å²) in [6.07, 6.45) is 6.91. The van der Waals surface area contributed by atoms with Gasteiger partial charge in [-0.25, -0.2) is 8.78 Å². The Morgan fingerprint density at radius 2 is 1.86 bits per heavy atom. The Hall–Kier alpha value is -0.180. The molecular weight excluding hydrogens is 184 g/mol. The summed E-state index contributed by atoms with van der Waals surface area (Å²) in [4.78, 5) is 0. The minimum Gasteiger partial charge on any atom is -0.311 e. The van der Waals surface area contributed by atoms with Gasteiger partial charge in [0.2, 0.25) is 0 Å². The third-order valence-electron chi connectivity index (χ3n) is 2.99. The second kappa shape index (κ2) is 7.16. The van der Waals surface area contributed by atoms with Crippen molar-refractivity contribution < 1.29 is 8.78 Å². The number of alkyl halides is 2. The fraction of sp³-hybridized carbons (Fsp3) is 1.00. The predicted molar refractivity (Wildman–Crippen MR) is 54.7 cm³/mol. The fourth-order valence-electron chi connectivity index (χ4n) is 2.20. The van der Waals surface area contributed by atoms with Crippen LogP contribution in [0.4, 0.5) is 8.78 Å². The lowest BCUT2D eigenvalue weighted by Crippen LogP contribution is -2.22. The molecule has 0 heterocycles. The summed E-state index contributed by atoms with van der Waals surface area (Å²) in [5.41, 5.74) is 0. The molecule has 0 aromatic carbocycles. The van der Waals surface area contributed by atoms with E-state index in [4.69, 9.17) is 0 Å². The number of hydrogen-bond donors (Lipinski definition) is 1. The summed E-state index contributed by atoms with van der Waals surface area (Å²) in [7, 11) is 0. The lowest BCUT2D eigenvalue weighted by atomic mass is 9.86. The van der Waals surface area contributed by atoms with Gasteiger partial charge in [-0.15, -0.1) is 0 Å². The molecule has 1 aliphatic rings. The normalized spacial score (nSPS) is 19.1. The molecule has 0 radical (unpaired) electrons. The van der Waals surface area contributed by atoms with Crippen LogP contribution in [0.2, 0.25) is 0 Å². The van der Waals surface area contributed by atoms with Crippen molar-refractivity contribution in [1.82, 2.24) is 5.32 Å². The van der Waals surface area contributed by atoms with E-state index in [1.807, 2.05) is 0 Å². The summed E-state index contributed by atoms with van der Waals surface area (Å²) in [6, 6.07) is 0. The zero-order valence-corrected chi connectivity index (χ0v) is 8.77. The van der Waals surface area contributed by atoms with Crippen LogP contribution >= 0.6 is 0 Å². The van der Waals surface area contributed by atoms with Gasteiger partial charge in [0.15, 0.2) is 0 Å². The van der Waals surface area contributed by atoms with Crippen LogP contribution < -0.4 is 5.32 Å². The van der Waals surface area contributed by atoms with Gasteiger partial charge in [0.1, 0.15) is 0 Å². The highest BCUT2D eigenvalue weighted by Crippen LogP contribution is 2.26. The first kappa shape index (κ1) is 11.9. The van der Waals surface area contributed by atoms with Gasteiger partial charge < -0.3 is 5.32 Å². The van der Waals surface area contributed by atoms with E-state index >= 15 is 0 Å². The van der Waals surface area contributed by atoms with Crippen LogP contribution in [0.25, 0.3) is 0 Å². The highest BCUT2D eigenvalue weighted by molar-refractivity contribution is 4.66. The minimum absolute atomic E-state index is 0.148. The van der Waals surface area contributed by atoms with E-state index in [2.05, 4.69) is 5.32 Å². The summed E-state index contributed by atoms with van der Waals surface area (Å²) in [6.45, 7) is 0.603. The third-order valence-corrected chi connectivity index (χ3v) is 2.99. The highest BCUT2D eigenvalue weighted by atomic mass is 19.3. The van der Waals surface area contributed by atoms with Gasteiger partial charge in [-0.05, 0) is 25.3 Å². The molecule has 1 nitrogen and oxygen atoms in total. The molecular formula is C11H21F2N. The van der Waals surface area contributed by atoms with Crippen molar-refractivity contribution in [2.75, 3.05) is 13.1 Å². The maximum Gasteiger partial charge on any atom is 0.250 e. The van der Waals surface area contributed by atoms with Gasteiger partial charge >= 0.3 is 0 Å².